The Bertz CT molecular complexity index is 166. The van der Waals surface area contributed by atoms with Gasteiger partial charge in [-0.2, -0.15) is 0 Å². The van der Waals surface area contributed by atoms with E-state index in [4.69, 9.17) is 24.4 Å². The van der Waals surface area contributed by atoms with E-state index < -0.39 is 6.09 Å². The zero-order valence-corrected chi connectivity index (χ0v) is 9.18. The van der Waals surface area contributed by atoms with Crippen molar-refractivity contribution in [1.29, 1.82) is 0 Å². The van der Waals surface area contributed by atoms with Gasteiger partial charge in [0.25, 0.3) is 0 Å². The van der Waals surface area contributed by atoms with E-state index in [0.29, 0.717) is 39.6 Å². The first-order chi connectivity index (χ1) is 7.77. The van der Waals surface area contributed by atoms with E-state index in [-0.39, 0.29) is 13.2 Å². The van der Waals surface area contributed by atoms with Crippen molar-refractivity contribution in [3.05, 3.63) is 0 Å². The lowest BCUT2D eigenvalue weighted by molar-refractivity contribution is 0.00829. The van der Waals surface area contributed by atoms with Crippen molar-refractivity contribution in [2.75, 3.05) is 52.8 Å². The molecule has 7 heteroatoms. The number of aliphatic hydroxyl groups excluding tert-OH is 1. The van der Waals surface area contributed by atoms with Gasteiger partial charge in [-0.3, -0.25) is 0 Å². The van der Waals surface area contributed by atoms with Crippen molar-refractivity contribution in [2.24, 2.45) is 0 Å². The second-order valence-electron chi connectivity index (χ2n) is 2.79. The van der Waals surface area contributed by atoms with Crippen molar-refractivity contribution < 1.29 is 29.2 Å². The number of carbonyl (C=O) groups is 1. The zero-order valence-electron chi connectivity index (χ0n) is 9.18. The molecule has 0 fully saturated rings. The maximum absolute atomic E-state index is 10.0. The summed E-state index contributed by atoms with van der Waals surface area (Å²) in [6.07, 6.45) is -1.05. The van der Waals surface area contributed by atoms with Crippen LogP contribution in [0.15, 0.2) is 0 Å². The zero-order chi connectivity index (χ0) is 12.1. The lowest BCUT2D eigenvalue weighted by Gasteiger charge is -2.06. The van der Waals surface area contributed by atoms with Crippen molar-refractivity contribution in [2.45, 2.75) is 0 Å². The number of nitrogens with one attached hydrogen (secondary N) is 1. The van der Waals surface area contributed by atoms with Gasteiger partial charge in [0, 0.05) is 6.54 Å². The van der Waals surface area contributed by atoms with Crippen molar-refractivity contribution >= 4 is 6.09 Å². The third-order valence-corrected chi connectivity index (χ3v) is 1.50. The summed E-state index contributed by atoms with van der Waals surface area (Å²) in [7, 11) is 0. The minimum absolute atomic E-state index is 0.0136. The number of rotatable bonds is 11. The highest BCUT2D eigenvalue weighted by Gasteiger charge is 1.93. The van der Waals surface area contributed by atoms with Crippen LogP contribution in [0.1, 0.15) is 0 Å². The van der Waals surface area contributed by atoms with Gasteiger partial charge < -0.3 is 29.7 Å². The highest BCUT2D eigenvalue weighted by molar-refractivity contribution is 5.64. The molecule has 0 saturated heterocycles. The molecule has 1 amide bonds. The summed E-state index contributed by atoms with van der Waals surface area (Å²) in [6.45, 7) is 2.70. The molecule has 96 valence electrons. The van der Waals surface area contributed by atoms with Crippen molar-refractivity contribution in [3.8, 4) is 0 Å². The van der Waals surface area contributed by atoms with Crippen molar-refractivity contribution in [1.82, 2.24) is 5.32 Å². The minimum atomic E-state index is -1.05. The summed E-state index contributed by atoms with van der Waals surface area (Å²) >= 11 is 0. The van der Waals surface area contributed by atoms with Gasteiger partial charge in [-0.15, -0.1) is 0 Å². The van der Waals surface area contributed by atoms with Crippen LogP contribution in [0.5, 0.6) is 0 Å². The second-order valence-corrected chi connectivity index (χ2v) is 2.79. The fourth-order valence-corrected chi connectivity index (χ4v) is 0.837. The average molecular weight is 237 g/mol. The molecule has 7 nitrogen and oxygen atoms in total. The first-order valence-electron chi connectivity index (χ1n) is 5.08. The Labute approximate surface area is 94.3 Å². The molecule has 0 bridgehead atoms. The van der Waals surface area contributed by atoms with E-state index in [9.17, 15) is 4.79 Å². The molecule has 0 spiro atoms. The number of hydrogen-bond donors (Lipinski definition) is 3. The summed E-state index contributed by atoms with van der Waals surface area (Å²) < 4.78 is 15.2. The molecular weight excluding hydrogens is 218 g/mol. The Hall–Kier alpha value is -0.890. The lowest BCUT2D eigenvalue weighted by atomic mass is 10.6. The summed E-state index contributed by atoms with van der Waals surface area (Å²) in [5.41, 5.74) is 0. The largest absolute Gasteiger partial charge is 0.465 e. The molecule has 0 aromatic heterocycles. The Morgan fingerprint density at radius 1 is 0.938 bits per heavy atom. The van der Waals surface area contributed by atoms with Crippen LogP contribution in [-0.4, -0.2) is 69.1 Å². The molecule has 0 aliphatic heterocycles. The number of hydrogen-bond acceptors (Lipinski definition) is 5. The standard InChI is InChI=1S/C9H19NO6/c11-2-4-15-6-8-16-7-5-14-3-1-10-9(12)13/h10-11H,1-8H2,(H,12,13). The summed E-state index contributed by atoms with van der Waals surface area (Å²) in [5, 5.41) is 18.8. The molecule has 0 aliphatic carbocycles. The van der Waals surface area contributed by atoms with E-state index in [1.807, 2.05) is 0 Å². The highest BCUT2D eigenvalue weighted by Crippen LogP contribution is 1.80. The normalized spacial score (nSPS) is 10.3. The third-order valence-electron chi connectivity index (χ3n) is 1.50. The number of amides is 1. The highest BCUT2D eigenvalue weighted by atomic mass is 16.5. The Morgan fingerprint density at radius 2 is 1.44 bits per heavy atom. The lowest BCUT2D eigenvalue weighted by Crippen LogP contribution is -2.25. The number of ether oxygens (including phenoxy) is 3. The monoisotopic (exact) mass is 237 g/mol. The quantitative estimate of drug-likeness (QED) is 0.411. The summed E-state index contributed by atoms with van der Waals surface area (Å²) in [6, 6.07) is 0. The van der Waals surface area contributed by atoms with Crippen LogP contribution < -0.4 is 5.32 Å². The molecule has 0 unspecified atom stereocenters. The molecule has 3 N–H and O–H groups in total. The van der Waals surface area contributed by atoms with Gasteiger partial charge >= 0.3 is 6.09 Å². The molecule has 0 atom stereocenters. The third kappa shape index (κ3) is 13.1. The van der Waals surface area contributed by atoms with Gasteiger partial charge in [0.15, 0.2) is 0 Å². The number of carboxylic acid groups (broad SMARTS) is 1. The van der Waals surface area contributed by atoms with E-state index in [1.54, 1.807) is 0 Å². The molecule has 0 rings (SSSR count). The van der Waals surface area contributed by atoms with Crippen LogP contribution in [0.25, 0.3) is 0 Å². The minimum Gasteiger partial charge on any atom is -0.465 e. The van der Waals surface area contributed by atoms with E-state index in [1.165, 1.54) is 0 Å². The van der Waals surface area contributed by atoms with Crippen LogP contribution in [-0.2, 0) is 14.2 Å². The van der Waals surface area contributed by atoms with Gasteiger partial charge in [-0.1, -0.05) is 0 Å². The fourth-order valence-electron chi connectivity index (χ4n) is 0.837. The predicted molar refractivity (Wildman–Crippen MR) is 55.6 cm³/mol. The van der Waals surface area contributed by atoms with Crippen LogP contribution in [0.3, 0.4) is 0 Å². The van der Waals surface area contributed by atoms with Crippen LogP contribution >= 0.6 is 0 Å². The topological polar surface area (TPSA) is 97.3 Å². The summed E-state index contributed by atoms with van der Waals surface area (Å²) in [5.74, 6) is 0. The average Bonchev–Trinajstić information content (AvgIpc) is 2.25. The molecule has 0 radical (unpaired) electrons. The van der Waals surface area contributed by atoms with Gasteiger partial charge in [0.1, 0.15) is 0 Å². The van der Waals surface area contributed by atoms with E-state index in [0.717, 1.165) is 0 Å². The van der Waals surface area contributed by atoms with E-state index in [2.05, 4.69) is 5.32 Å². The van der Waals surface area contributed by atoms with Crippen LogP contribution in [0.2, 0.25) is 0 Å². The summed E-state index contributed by atoms with van der Waals surface area (Å²) in [4.78, 5) is 10.0. The van der Waals surface area contributed by atoms with Crippen LogP contribution in [0, 0.1) is 0 Å². The molecule has 0 aliphatic rings. The number of aliphatic hydroxyl groups is 1. The van der Waals surface area contributed by atoms with Gasteiger partial charge in [-0.25, -0.2) is 4.79 Å². The van der Waals surface area contributed by atoms with Crippen molar-refractivity contribution in [3.63, 3.8) is 0 Å². The van der Waals surface area contributed by atoms with Crippen LogP contribution in [0.4, 0.5) is 4.79 Å². The fraction of sp³-hybridized carbons (Fsp3) is 0.889. The first-order valence-corrected chi connectivity index (χ1v) is 5.08. The molecule has 0 saturated carbocycles. The maximum Gasteiger partial charge on any atom is 0.404 e. The van der Waals surface area contributed by atoms with Gasteiger partial charge in [0.05, 0.1) is 46.2 Å². The van der Waals surface area contributed by atoms with Gasteiger partial charge in [-0.05, 0) is 0 Å². The Morgan fingerprint density at radius 3 is 1.94 bits per heavy atom. The Kier molecular flexibility index (Phi) is 11.5. The molecule has 16 heavy (non-hydrogen) atoms. The molecule has 0 aromatic carbocycles. The SMILES string of the molecule is O=C(O)NCCOCCOCCOCCO. The smallest absolute Gasteiger partial charge is 0.404 e. The molecule has 0 heterocycles. The predicted octanol–water partition coefficient (Wildman–Crippen LogP) is -0.704. The van der Waals surface area contributed by atoms with E-state index >= 15 is 0 Å². The first kappa shape index (κ1) is 15.1. The molecular formula is C9H19NO6. The molecule has 0 aromatic rings. The second kappa shape index (κ2) is 12.2. The Balaban J connectivity index is 2.90. The maximum atomic E-state index is 10.0. The van der Waals surface area contributed by atoms with Gasteiger partial charge in [0.2, 0.25) is 0 Å².